The van der Waals surface area contributed by atoms with Crippen molar-refractivity contribution in [3.05, 3.63) is 56.7 Å². The summed E-state index contributed by atoms with van der Waals surface area (Å²) in [6, 6.07) is 10.0. The van der Waals surface area contributed by atoms with Crippen LogP contribution in [-0.4, -0.2) is 18.6 Å². The lowest BCUT2D eigenvalue weighted by Crippen LogP contribution is -2.17. The number of pyridine rings is 1. The van der Waals surface area contributed by atoms with Gasteiger partial charge >= 0.3 is 0 Å². The van der Waals surface area contributed by atoms with E-state index in [9.17, 15) is 0 Å². The zero-order valence-electron chi connectivity index (χ0n) is 11.6. The molecule has 1 heterocycles. The average Bonchev–Trinajstić information content (AvgIpc) is 2.44. The fourth-order valence-electron chi connectivity index (χ4n) is 1.96. The molecule has 0 unspecified atom stereocenters. The predicted octanol–water partition coefficient (Wildman–Crippen LogP) is 4.37. The second-order valence-corrected chi connectivity index (χ2v) is 6.10. The lowest BCUT2D eigenvalue weighted by Gasteiger charge is -2.12. The highest BCUT2D eigenvalue weighted by Crippen LogP contribution is 2.32. The van der Waals surface area contributed by atoms with Gasteiger partial charge in [0.15, 0.2) is 0 Å². The van der Waals surface area contributed by atoms with E-state index in [-0.39, 0.29) is 12.4 Å². The van der Waals surface area contributed by atoms with Crippen LogP contribution >= 0.6 is 44.3 Å². The molecule has 0 radical (unpaired) electrons. The molecule has 0 fully saturated rings. The summed E-state index contributed by atoms with van der Waals surface area (Å²) in [5.74, 6) is 0.874. The smallest absolute Gasteiger partial charge is 0.137 e. The fourth-order valence-corrected chi connectivity index (χ4v) is 3.43. The maximum absolute atomic E-state index is 5.43. The van der Waals surface area contributed by atoms with Gasteiger partial charge in [-0.25, -0.2) is 0 Å². The third-order valence-electron chi connectivity index (χ3n) is 2.89. The minimum absolute atomic E-state index is 0. The van der Waals surface area contributed by atoms with Gasteiger partial charge in [0.2, 0.25) is 0 Å². The fraction of sp³-hybridized carbons (Fsp3) is 0.267. The maximum atomic E-state index is 5.43. The number of nitrogens with zero attached hydrogens (tertiary/aromatic N) is 1. The van der Waals surface area contributed by atoms with E-state index in [1.54, 1.807) is 7.11 Å². The van der Waals surface area contributed by atoms with Crippen LogP contribution in [0.5, 0.6) is 5.75 Å². The summed E-state index contributed by atoms with van der Waals surface area (Å²) in [6.45, 7) is 1.64. The number of nitrogens with one attached hydrogen (secondary N) is 1. The molecule has 0 amide bonds. The Kier molecular flexibility index (Phi) is 8.26. The van der Waals surface area contributed by atoms with Gasteiger partial charge in [-0.05, 0) is 40.2 Å². The standard InChI is InChI=1S/C15H16Br2N2O.ClH/c1-20-15-11(8-12(16)9-14(15)17)10-18-7-5-13-4-2-3-6-19-13;/h2-4,6,8-9,18H,5,7,10H2,1H3;1H. The van der Waals surface area contributed by atoms with Gasteiger partial charge in [0, 0.05) is 41.4 Å². The normalized spacial score (nSPS) is 10.0. The Morgan fingerprint density at radius 2 is 2.05 bits per heavy atom. The van der Waals surface area contributed by atoms with E-state index in [0.717, 1.165) is 45.5 Å². The van der Waals surface area contributed by atoms with Crippen LogP contribution in [-0.2, 0) is 13.0 Å². The number of aromatic nitrogens is 1. The van der Waals surface area contributed by atoms with Gasteiger partial charge in [0.25, 0.3) is 0 Å². The molecular weight excluding hydrogens is 419 g/mol. The first-order valence-corrected chi connectivity index (χ1v) is 7.92. The molecule has 0 aliphatic rings. The number of rotatable bonds is 6. The Bertz CT molecular complexity index is 567. The highest BCUT2D eigenvalue weighted by Gasteiger charge is 2.08. The number of hydrogen-bond acceptors (Lipinski definition) is 3. The van der Waals surface area contributed by atoms with Crippen molar-refractivity contribution in [1.82, 2.24) is 10.3 Å². The van der Waals surface area contributed by atoms with Gasteiger partial charge in [-0.2, -0.15) is 0 Å². The van der Waals surface area contributed by atoms with E-state index in [0.29, 0.717) is 0 Å². The Hall–Kier alpha value is -0.620. The van der Waals surface area contributed by atoms with Crippen LogP contribution in [0.1, 0.15) is 11.3 Å². The van der Waals surface area contributed by atoms with Crippen LogP contribution in [0.15, 0.2) is 45.5 Å². The number of methoxy groups -OCH3 is 1. The molecule has 0 aliphatic carbocycles. The Labute approximate surface area is 148 Å². The molecule has 0 bridgehead atoms. The third-order valence-corrected chi connectivity index (χ3v) is 3.94. The molecule has 114 valence electrons. The predicted molar refractivity (Wildman–Crippen MR) is 95.3 cm³/mol. The van der Waals surface area contributed by atoms with Gasteiger partial charge in [-0.15, -0.1) is 12.4 Å². The molecule has 0 aliphatic heterocycles. The average molecular weight is 437 g/mol. The third kappa shape index (κ3) is 5.58. The van der Waals surface area contributed by atoms with Crippen molar-refractivity contribution >= 4 is 44.3 Å². The van der Waals surface area contributed by atoms with Crippen molar-refractivity contribution in [3.63, 3.8) is 0 Å². The van der Waals surface area contributed by atoms with Gasteiger partial charge in [-0.3, -0.25) is 4.98 Å². The minimum Gasteiger partial charge on any atom is -0.495 e. The minimum atomic E-state index is 0. The second kappa shape index (κ2) is 9.41. The van der Waals surface area contributed by atoms with E-state index in [1.165, 1.54) is 0 Å². The first-order valence-electron chi connectivity index (χ1n) is 6.33. The summed E-state index contributed by atoms with van der Waals surface area (Å²) in [6.07, 6.45) is 2.74. The molecule has 1 aromatic heterocycles. The van der Waals surface area contributed by atoms with E-state index >= 15 is 0 Å². The Morgan fingerprint density at radius 1 is 1.24 bits per heavy atom. The topological polar surface area (TPSA) is 34.1 Å². The van der Waals surface area contributed by atoms with Crippen molar-refractivity contribution in [1.29, 1.82) is 0 Å². The van der Waals surface area contributed by atoms with Gasteiger partial charge in [0.05, 0.1) is 11.6 Å². The molecule has 1 N–H and O–H groups in total. The van der Waals surface area contributed by atoms with Crippen molar-refractivity contribution in [2.24, 2.45) is 0 Å². The number of ether oxygens (including phenoxy) is 1. The first-order chi connectivity index (χ1) is 9.70. The zero-order chi connectivity index (χ0) is 14.4. The van der Waals surface area contributed by atoms with E-state index < -0.39 is 0 Å². The molecule has 0 atom stereocenters. The van der Waals surface area contributed by atoms with Crippen LogP contribution in [0, 0.1) is 0 Å². The Balaban J connectivity index is 0.00000220. The SMILES string of the molecule is COc1c(Br)cc(Br)cc1CNCCc1ccccn1.Cl. The summed E-state index contributed by atoms with van der Waals surface area (Å²) in [5, 5.41) is 3.42. The zero-order valence-corrected chi connectivity index (χ0v) is 15.6. The molecule has 2 aromatic rings. The molecular formula is C15H17Br2ClN2O. The quantitative estimate of drug-likeness (QED) is 0.683. The summed E-state index contributed by atoms with van der Waals surface area (Å²) in [5.41, 5.74) is 2.22. The van der Waals surface area contributed by atoms with E-state index in [4.69, 9.17) is 4.74 Å². The number of benzene rings is 1. The molecule has 1 aromatic carbocycles. The monoisotopic (exact) mass is 434 g/mol. The highest BCUT2D eigenvalue weighted by atomic mass is 79.9. The van der Waals surface area contributed by atoms with Crippen LogP contribution in [0.2, 0.25) is 0 Å². The lowest BCUT2D eigenvalue weighted by molar-refractivity contribution is 0.405. The van der Waals surface area contributed by atoms with Crippen molar-refractivity contribution in [2.45, 2.75) is 13.0 Å². The summed E-state index contributed by atoms with van der Waals surface area (Å²) in [7, 11) is 1.69. The molecule has 0 saturated carbocycles. The maximum Gasteiger partial charge on any atom is 0.137 e. The molecule has 3 nitrogen and oxygen atoms in total. The van der Waals surface area contributed by atoms with Crippen LogP contribution in [0.4, 0.5) is 0 Å². The first kappa shape index (κ1) is 18.4. The van der Waals surface area contributed by atoms with E-state index in [2.05, 4.69) is 48.2 Å². The molecule has 0 spiro atoms. The number of hydrogen-bond donors (Lipinski definition) is 1. The molecule has 0 saturated heterocycles. The van der Waals surface area contributed by atoms with E-state index in [1.807, 2.05) is 30.5 Å². The van der Waals surface area contributed by atoms with Crippen molar-refractivity contribution in [3.8, 4) is 5.75 Å². The van der Waals surface area contributed by atoms with Crippen LogP contribution < -0.4 is 10.1 Å². The molecule has 6 heteroatoms. The van der Waals surface area contributed by atoms with Gasteiger partial charge < -0.3 is 10.1 Å². The molecule has 2 rings (SSSR count). The van der Waals surface area contributed by atoms with Crippen LogP contribution in [0.3, 0.4) is 0 Å². The lowest BCUT2D eigenvalue weighted by atomic mass is 10.2. The Morgan fingerprint density at radius 3 is 2.71 bits per heavy atom. The summed E-state index contributed by atoms with van der Waals surface area (Å²) in [4.78, 5) is 4.31. The highest BCUT2D eigenvalue weighted by molar-refractivity contribution is 9.11. The van der Waals surface area contributed by atoms with Crippen LogP contribution in [0.25, 0.3) is 0 Å². The largest absolute Gasteiger partial charge is 0.495 e. The summed E-state index contributed by atoms with van der Waals surface area (Å²) < 4.78 is 7.41. The van der Waals surface area contributed by atoms with Crippen molar-refractivity contribution in [2.75, 3.05) is 13.7 Å². The molecule has 21 heavy (non-hydrogen) atoms. The van der Waals surface area contributed by atoms with Gasteiger partial charge in [-0.1, -0.05) is 22.0 Å². The van der Waals surface area contributed by atoms with Gasteiger partial charge in [0.1, 0.15) is 5.75 Å². The number of halogens is 3. The second-order valence-electron chi connectivity index (χ2n) is 4.33. The summed E-state index contributed by atoms with van der Waals surface area (Å²) >= 11 is 7.01. The van der Waals surface area contributed by atoms with Crippen molar-refractivity contribution < 1.29 is 4.74 Å².